The lowest BCUT2D eigenvalue weighted by molar-refractivity contribution is 0.396. The van der Waals surface area contributed by atoms with Gasteiger partial charge in [-0.15, -0.1) is 0 Å². The summed E-state index contributed by atoms with van der Waals surface area (Å²) in [6, 6.07) is 14.1. The first-order chi connectivity index (χ1) is 11.7. The molecule has 0 aliphatic carbocycles. The van der Waals surface area contributed by atoms with Gasteiger partial charge in [0.05, 0.1) is 33.3 Å². The molecule has 4 nitrogen and oxygen atoms in total. The van der Waals surface area contributed by atoms with E-state index in [1.165, 1.54) is 5.56 Å². The van der Waals surface area contributed by atoms with Crippen LogP contribution in [0.1, 0.15) is 29.5 Å². The second kappa shape index (κ2) is 8.26. The molecule has 0 spiro atoms. The Kier molecular flexibility index (Phi) is 6.08. The summed E-state index contributed by atoms with van der Waals surface area (Å²) in [5, 5.41) is 9.74. The van der Waals surface area contributed by atoms with Crippen LogP contribution < -0.4 is 14.2 Å². The van der Waals surface area contributed by atoms with Crippen LogP contribution in [-0.4, -0.2) is 21.3 Å². The second-order valence-corrected chi connectivity index (χ2v) is 5.49. The maximum atomic E-state index is 9.74. The lowest BCUT2D eigenvalue weighted by Gasteiger charge is -2.17. The largest absolute Gasteiger partial charge is 0.497 e. The summed E-state index contributed by atoms with van der Waals surface area (Å²) in [5.41, 5.74) is 3.03. The number of nitrogens with zero attached hydrogens (tertiary/aromatic N) is 1. The minimum absolute atomic E-state index is 0.326. The van der Waals surface area contributed by atoms with E-state index in [1.54, 1.807) is 21.3 Å². The summed E-state index contributed by atoms with van der Waals surface area (Å²) >= 11 is 0. The zero-order chi connectivity index (χ0) is 17.5. The topological polar surface area (TPSA) is 51.5 Å². The molecule has 0 radical (unpaired) electrons. The van der Waals surface area contributed by atoms with Crippen LogP contribution in [0.15, 0.2) is 36.4 Å². The molecule has 4 heteroatoms. The SMILES string of the molecule is CCc1ccc(OC)c(C(C#N)Cc2cc(OC)ccc2OC)c1. The minimum atomic E-state index is -0.326. The first kappa shape index (κ1) is 17.7. The molecule has 24 heavy (non-hydrogen) atoms. The number of nitriles is 1. The molecular formula is C20H23NO3. The molecule has 0 saturated carbocycles. The zero-order valence-corrected chi connectivity index (χ0v) is 14.6. The molecular weight excluding hydrogens is 302 g/mol. The number of ether oxygens (including phenoxy) is 3. The van der Waals surface area contributed by atoms with Crippen LogP contribution in [-0.2, 0) is 12.8 Å². The predicted molar refractivity (Wildman–Crippen MR) is 94.0 cm³/mol. The molecule has 0 heterocycles. The van der Waals surface area contributed by atoms with Crippen LogP contribution in [0.2, 0.25) is 0 Å². The van der Waals surface area contributed by atoms with Crippen LogP contribution >= 0.6 is 0 Å². The third-order valence-electron chi connectivity index (χ3n) is 4.15. The Hall–Kier alpha value is -2.67. The molecule has 0 aliphatic heterocycles. The van der Waals surface area contributed by atoms with Crippen molar-refractivity contribution in [2.75, 3.05) is 21.3 Å². The summed E-state index contributed by atoms with van der Waals surface area (Å²) in [4.78, 5) is 0. The highest BCUT2D eigenvalue weighted by Gasteiger charge is 2.19. The number of methoxy groups -OCH3 is 3. The summed E-state index contributed by atoms with van der Waals surface area (Å²) in [7, 11) is 4.89. The number of rotatable bonds is 7. The van der Waals surface area contributed by atoms with Gasteiger partial charge in [-0.2, -0.15) is 5.26 Å². The highest BCUT2D eigenvalue weighted by molar-refractivity contribution is 5.46. The molecule has 0 N–H and O–H groups in total. The van der Waals surface area contributed by atoms with E-state index < -0.39 is 0 Å². The lowest BCUT2D eigenvalue weighted by Crippen LogP contribution is -2.05. The Balaban J connectivity index is 2.42. The monoisotopic (exact) mass is 325 g/mol. The molecule has 0 saturated heterocycles. The minimum Gasteiger partial charge on any atom is -0.497 e. The van der Waals surface area contributed by atoms with E-state index in [-0.39, 0.29) is 5.92 Å². The average molecular weight is 325 g/mol. The van der Waals surface area contributed by atoms with Crippen molar-refractivity contribution in [3.8, 4) is 23.3 Å². The van der Waals surface area contributed by atoms with E-state index in [4.69, 9.17) is 14.2 Å². The van der Waals surface area contributed by atoms with Crippen LogP contribution in [0.4, 0.5) is 0 Å². The molecule has 2 rings (SSSR count). The number of benzene rings is 2. The van der Waals surface area contributed by atoms with Gasteiger partial charge < -0.3 is 14.2 Å². The molecule has 2 aromatic rings. The van der Waals surface area contributed by atoms with Crippen molar-refractivity contribution in [1.82, 2.24) is 0 Å². The number of aryl methyl sites for hydroxylation is 1. The maximum absolute atomic E-state index is 9.74. The van der Waals surface area contributed by atoms with Crippen molar-refractivity contribution in [1.29, 1.82) is 5.26 Å². The molecule has 0 amide bonds. The third kappa shape index (κ3) is 3.80. The Bertz CT molecular complexity index is 734. The zero-order valence-electron chi connectivity index (χ0n) is 14.6. The van der Waals surface area contributed by atoms with Gasteiger partial charge in [0.25, 0.3) is 0 Å². The molecule has 0 aliphatic rings. The van der Waals surface area contributed by atoms with Crippen LogP contribution in [0, 0.1) is 11.3 Å². The molecule has 0 fully saturated rings. The summed E-state index contributed by atoms with van der Waals surface area (Å²) in [5.74, 6) is 1.91. The van der Waals surface area contributed by atoms with Crippen molar-refractivity contribution in [2.45, 2.75) is 25.7 Å². The van der Waals surface area contributed by atoms with Gasteiger partial charge in [0.1, 0.15) is 17.2 Å². The Morgan fingerprint density at radius 2 is 1.67 bits per heavy atom. The van der Waals surface area contributed by atoms with Gasteiger partial charge in [-0.1, -0.05) is 19.1 Å². The molecule has 1 unspecified atom stereocenters. The number of hydrogen-bond acceptors (Lipinski definition) is 4. The summed E-state index contributed by atoms with van der Waals surface area (Å²) in [6.45, 7) is 2.10. The van der Waals surface area contributed by atoms with Crippen molar-refractivity contribution in [3.63, 3.8) is 0 Å². The normalized spacial score (nSPS) is 11.5. The van der Waals surface area contributed by atoms with Gasteiger partial charge in [0, 0.05) is 5.56 Å². The van der Waals surface area contributed by atoms with E-state index in [1.807, 2.05) is 30.3 Å². The maximum Gasteiger partial charge on any atom is 0.123 e. The van der Waals surface area contributed by atoms with E-state index in [9.17, 15) is 5.26 Å². The standard InChI is InChI=1S/C20H23NO3/c1-5-14-6-8-20(24-4)18(10-14)16(13-21)11-15-12-17(22-2)7-9-19(15)23-3/h6-10,12,16H,5,11H2,1-4H3. The second-order valence-electron chi connectivity index (χ2n) is 5.49. The van der Waals surface area contributed by atoms with E-state index in [0.717, 1.165) is 34.8 Å². The Labute approximate surface area is 143 Å². The van der Waals surface area contributed by atoms with Crippen molar-refractivity contribution in [3.05, 3.63) is 53.1 Å². The average Bonchev–Trinajstić information content (AvgIpc) is 2.65. The number of hydrogen-bond donors (Lipinski definition) is 0. The van der Waals surface area contributed by atoms with Crippen molar-refractivity contribution in [2.24, 2.45) is 0 Å². The van der Waals surface area contributed by atoms with Crippen LogP contribution in [0.25, 0.3) is 0 Å². The first-order valence-electron chi connectivity index (χ1n) is 7.94. The molecule has 126 valence electrons. The third-order valence-corrected chi connectivity index (χ3v) is 4.15. The fourth-order valence-electron chi connectivity index (χ4n) is 2.76. The van der Waals surface area contributed by atoms with Gasteiger partial charge in [-0.25, -0.2) is 0 Å². The van der Waals surface area contributed by atoms with Crippen LogP contribution in [0.5, 0.6) is 17.2 Å². The van der Waals surface area contributed by atoms with E-state index in [0.29, 0.717) is 6.42 Å². The molecule has 1 atom stereocenters. The van der Waals surface area contributed by atoms with Gasteiger partial charge in [0.2, 0.25) is 0 Å². The smallest absolute Gasteiger partial charge is 0.123 e. The fourth-order valence-corrected chi connectivity index (χ4v) is 2.76. The van der Waals surface area contributed by atoms with Crippen LogP contribution in [0.3, 0.4) is 0 Å². The molecule has 0 aromatic heterocycles. The first-order valence-corrected chi connectivity index (χ1v) is 7.94. The molecule has 0 bridgehead atoms. The summed E-state index contributed by atoms with van der Waals surface area (Å²) in [6.07, 6.45) is 1.44. The Morgan fingerprint density at radius 3 is 2.25 bits per heavy atom. The lowest BCUT2D eigenvalue weighted by atomic mass is 9.90. The van der Waals surface area contributed by atoms with Gasteiger partial charge in [0.15, 0.2) is 0 Å². The van der Waals surface area contributed by atoms with E-state index >= 15 is 0 Å². The highest BCUT2D eigenvalue weighted by atomic mass is 16.5. The quantitative estimate of drug-likeness (QED) is 0.768. The van der Waals surface area contributed by atoms with Gasteiger partial charge >= 0.3 is 0 Å². The van der Waals surface area contributed by atoms with Crippen molar-refractivity contribution < 1.29 is 14.2 Å². The molecule has 2 aromatic carbocycles. The van der Waals surface area contributed by atoms with Crippen molar-refractivity contribution >= 4 is 0 Å². The fraction of sp³-hybridized carbons (Fsp3) is 0.350. The highest BCUT2D eigenvalue weighted by Crippen LogP contribution is 2.34. The van der Waals surface area contributed by atoms with E-state index in [2.05, 4.69) is 19.1 Å². The van der Waals surface area contributed by atoms with Gasteiger partial charge in [-0.05, 0) is 48.2 Å². The summed E-state index contributed by atoms with van der Waals surface area (Å²) < 4.78 is 16.2. The Morgan fingerprint density at radius 1 is 0.958 bits per heavy atom. The van der Waals surface area contributed by atoms with Gasteiger partial charge in [-0.3, -0.25) is 0 Å². The predicted octanol–water partition coefficient (Wildman–Crippen LogP) is 4.12.